The van der Waals surface area contributed by atoms with Gasteiger partial charge in [-0.15, -0.1) is 0 Å². The van der Waals surface area contributed by atoms with E-state index in [2.05, 4.69) is 204 Å². The van der Waals surface area contributed by atoms with Crippen LogP contribution in [0, 0.1) is 41.5 Å². The lowest BCUT2D eigenvalue weighted by atomic mass is 9.77. The standard InChI is InChI=1S/C56H48N4/c1-36-32-38(3)51(39(4)33-36)53(52-40(5)34-37(2)35-41(52)6)45-26-30-48(31-27-45)60(47-28-24-43(25-29-47)42-16-9-7-10-17-42)56-58-54(46-19-11-8-12-20-46)57-55(59-56)50-23-15-21-44-18-13-14-22-49(44)50/h7-35,53H,1-6H3. The molecule has 4 heteroatoms. The van der Waals surface area contributed by atoms with Crippen LogP contribution in [-0.4, -0.2) is 15.0 Å². The van der Waals surface area contributed by atoms with Crippen molar-refractivity contribution in [3.63, 3.8) is 0 Å². The summed E-state index contributed by atoms with van der Waals surface area (Å²) in [5.41, 5.74) is 17.8. The Bertz CT molecular complexity index is 2860. The SMILES string of the molecule is Cc1cc(C)c(C(c2ccc(N(c3ccc(-c4ccccc4)cc3)c3nc(-c4ccccc4)nc(-c4cccc5ccccc45)n3)cc2)c2c(C)cc(C)cc2C)c(C)c1. The molecule has 0 N–H and O–H groups in total. The van der Waals surface area contributed by atoms with E-state index in [1.54, 1.807) is 0 Å². The molecule has 0 bridgehead atoms. The van der Waals surface area contributed by atoms with Crippen LogP contribution in [0.25, 0.3) is 44.7 Å². The van der Waals surface area contributed by atoms with E-state index in [0.717, 1.165) is 38.8 Å². The second-order valence-electron chi connectivity index (χ2n) is 16.1. The van der Waals surface area contributed by atoms with Crippen LogP contribution >= 0.6 is 0 Å². The normalized spacial score (nSPS) is 11.3. The minimum absolute atomic E-state index is 0.0543. The van der Waals surface area contributed by atoms with Gasteiger partial charge in [-0.3, -0.25) is 4.90 Å². The molecule has 0 aliphatic carbocycles. The minimum atomic E-state index is 0.0543. The van der Waals surface area contributed by atoms with Gasteiger partial charge in [-0.05, 0) is 127 Å². The molecular weight excluding hydrogens is 729 g/mol. The highest BCUT2D eigenvalue weighted by Crippen LogP contribution is 2.42. The first kappa shape index (κ1) is 38.4. The van der Waals surface area contributed by atoms with Crippen LogP contribution < -0.4 is 4.90 Å². The van der Waals surface area contributed by atoms with Gasteiger partial charge in [0.05, 0.1) is 0 Å². The fourth-order valence-corrected chi connectivity index (χ4v) is 9.12. The summed E-state index contributed by atoms with van der Waals surface area (Å²) >= 11 is 0. The number of rotatable bonds is 9. The largest absolute Gasteiger partial charge is 0.279 e. The van der Waals surface area contributed by atoms with Gasteiger partial charge in [0.2, 0.25) is 5.95 Å². The lowest BCUT2D eigenvalue weighted by molar-refractivity contribution is 0.919. The third-order valence-corrected chi connectivity index (χ3v) is 11.7. The zero-order chi connectivity index (χ0) is 41.3. The first-order valence-corrected chi connectivity index (χ1v) is 20.7. The number of anilines is 3. The third kappa shape index (κ3) is 7.49. The highest BCUT2D eigenvalue weighted by Gasteiger charge is 2.26. The van der Waals surface area contributed by atoms with Crippen molar-refractivity contribution in [3.05, 3.63) is 226 Å². The molecule has 0 aliphatic heterocycles. The van der Waals surface area contributed by atoms with Crippen molar-refractivity contribution in [2.45, 2.75) is 47.5 Å². The molecule has 60 heavy (non-hydrogen) atoms. The summed E-state index contributed by atoms with van der Waals surface area (Å²) in [5, 5.41) is 2.23. The van der Waals surface area contributed by atoms with E-state index < -0.39 is 0 Å². The summed E-state index contributed by atoms with van der Waals surface area (Å²) in [4.78, 5) is 17.9. The van der Waals surface area contributed by atoms with Crippen molar-refractivity contribution < 1.29 is 0 Å². The van der Waals surface area contributed by atoms with Gasteiger partial charge in [0.25, 0.3) is 0 Å². The molecule has 0 atom stereocenters. The Morgan fingerprint density at radius 1 is 0.400 bits per heavy atom. The van der Waals surface area contributed by atoms with Crippen LogP contribution in [0.15, 0.2) is 176 Å². The maximum atomic E-state index is 5.33. The number of hydrogen-bond acceptors (Lipinski definition) is 4. The second-order valence-corrected chi connectivity index (χ2v) is 16.1. The lowest BCUT2D eigenvalue weighted by Crippen LogP contribution is -2.16. The number of fused-ring (bicyclic) bond motifs is 1. The van der Waals surface area contributed by atoms with Crippen molar-refractivity contribution in [1.82, 2.24) is 15.0 Å². The highest BCUT2D eigenvalue weighted by atomic mass is 15.3. The van der Waals surface area contributed by atoms with Crippen molar-refractivity contribution in [3.8, 4) is 33.9 Å². The Hall–Kier alpha value is -7.17. The van der Waals surface area contributed by atoms with Crippen molar-refractivity contribution in [2.24, 2.45) is 0 Å². The molecule has 0 saturated heterocycles. The Morgan fingerprint density at radius 3 is 1.45 bits per heavy atom. The predicted molar refractivity (Wildman–Crippen MR) is 251 cm³/mol. The van der Waals surface area contributed by atoms with Gasteiger partial charge >= 0.3 is 0 Å². The zero-order valence-corrected chi connectivity index (χ0v) is 35.1. The van der Waals surface area contributed by atoms with Crippen LogP contribution in [0.2, 0.25) is 0 Å². The number of nitrogens with zero attached hydrogens (tertiary/aromatic N) is 4. The Balaban J connectivity index is 1.25. The molecular formula is C56H48N4. The Labute approximate surface area is 353 Å². The Kier molecular flexibility index (Phi) is 10.4. The smallest absolute Gasteiger partial charge is 0.238 e. The first-order chi connectivity index (χ1) is 29.2. The molecule has 0 unspecified atom stereocenters. The molecule has 1 heterocycles. The van der Waals surface area contributed by atoms with Gasteiger partial charge in [-0.1, -0.05) is 163 Å². The van der Waals surface area contributed by atoms with E-state index in [9.17, 15) is 0 Å². The molecule has 9 aromatic rings. The summed E-state index contributed by atoms with van der Waals surface area (Å²) in [5.74, 6) is 1.83. The average molecular weight is 777 g/mol. The molecule has 8 aromatic carbocycles. The number of benzene rings is 8. The number of aromatic nitrogens is 3. The van der Waals surface area contributed by atoms with Gasteiger partial charge in [0, 0.05) is 28.4 Å². The van der Waals surface area contributed by atoms with E-state index >= 15 is 0 Å². The topological polar surface area (TPSA) is 41.9 Å². The summed E-state index contributed by atoms with van der Waals surface area (Å²) in [7, 11) is 0. The maximum Gasteiger partial charge on any atom is 0.238 e. The molecule has 0 aliphatic rings. The summed E-state index contributed by atoms with van der Waals surface area (Å²) in [6.07, 6.45) is 0. The summed E-state index contributed by atoms with van der Waals surface area (Å²) < 4.78 is 0. The quantitative estimate of drug-likeness (QED) is 0.137. The minimum Gasteiger partial charge on any atom is -0.279 e. The van der Waals surface area contributed by atoms with Gasteiger partial charge in [0.15, 0.2) is 11.6 Å². The summed E-state index contributed by atoms with van der Waals surface area (Å²) in [6.45, 7) is 13.4. The van der Waals surface area contributed by atoms with E-state index in [4.69, 9.17) is 15.0 Å². The molecule has 9 rings (SSSR count). The fraction of sp³-hybridized carbons (Fsp3) is 0.125. The van der Waals surface area contributed by atoms with Crippen molar-refractivity contribution in [1.29, 1.82) is 0 Å². The van der Waals surface area contributed by atoms with E-state index in [0.29, 0.717) is 17.6 Å². The van der Waals surface area contributed by atoms with Crippen LogP contribution in [0.4, 0.5) is 17.3 Å². The van der Waals surface area contributed by atoms with E-state index in [1.165, 1.54) is 55.6 Å². The van der Waals surface area contributed by atoms with Gasteiger partial charge in [-0.2, -0.15) is 9.97 Å². The van der Waals surface area contributed by atoms with Gasteiger partial charge < -0.3 is 0 Å². The number of aryl methyl sites for hydroxylation is 6. The predicted octanol–water partition coefficient (Wildman–Crippen LogP) is 14.5. The molecule has 0 amide bonds. The first-order valence-electron chi connectivity index (χ1n) is 20.7. The highest BCUT2D eigenvalue weighted by molar-refractivity contribution is 5.95. The fourth-order valence-electron chi connectivity index (χ4n) is 9.12. The number of hydrogen-bond donors (Lipinski definition) is 0. The van der Waals surface area contributed by atoms with E-state index in [-0.39, 0.29) is 5.92 Å². The van der Waals surface area contributed by atoms with Crippen LogP contribution in [0.3, 0.4) is 0 Å². The lowest BCUT2D eigenvalue weighted by Gasteiger charge is -2.28. The molecule has 0 spiro atoms. The van der Waals surface area contributed by atoms with Gasteiger partial charge in [0.1, 0.15) is 0 Å². The average Bonchev–Trinajstić information content (AvgIpc) is 3.26. The molecule has 0 saturated carbocycles. The monoisotopic (exact) mass is 776 g/mol. The van der Waals surface area contributed by atoms with Crippen LogP contribution in [-0.2, 0) is 0 Å². The van der Waals surface area contributed by atoms with Gasteiger partial charge in [-0.25, -0.2) is 4.98 Å². The molecule has 0 radical (unpaired) electrons. The van der Waals surface area contributed by atoms with Crippen molar-refractivity contribution in [2.75, 3.05) is 4.90 Å². The Morgan fingerprint density at radius 2 is 0.867 bits per heavy atom. The van der Waals surface area contributed by atoms with Crippen LogP contribution in [0.5, 0.6) is 0 Å². The molecule has 4 nitrogen and oxygen atoms in total. The van der Waals surface area contributed by atoms with Crippen molar-refractivity contribution >= 4 is 28.1 Å². The van der Waals surface area contributed by atoms with Crippen LogP contribution in [0.1, 0.15) is 56.0 Å². The molecule has 292 valence electrons. The van der Waals surface area contributed by atoms with E-state index in [1.807, 2.05) is 18.2 Å². The third-order valence-electron chi connectivity index (χ3n) is 11.7. The maximum absolute atomic E-state index is 5.33. The molecule has 0 fully saturated rings. The summed E-state index contributed by atoms with van der Waals surface area (Å²) in [6, 6.07) is 62.5. The second kappa shape index (κ2) is 16.2. The molecule has 1 aromatic heterocycles. The zero-order valence-electron chi connectivity index (χ0n) is 35.1.